The van der Waals surface area contributed by atoms with E-state index in [1.54, 1.807) is 12.1 Å². The van der Waals surface area contributed by atoms with Crippen LogP contribution in [0.3, 0.4) is 0 Å². The van der Waals surface area contributed by atoms with Crippen molar-refractivity contribution < 1.29 is 4.79 Å². The molecule has 1 amide bonds. The zero-order chi connectivity index (χ0) is 17.9. The lowest BCUT2D eigenvalue weighted by molar-refractivity contribution is 0.1000. The number of carbonyl (C=O) groups is 1. The molecule has 0 aliphatic rings. The van der Waals surface area contributed by atoms with Crippen LogP contribution >= 0.6 is 0 Å². The highest BCUT2D eigenvalue weighted by molar-refractivity contribution is 6.02. The van der Waals surface area contributed by atoms with Crippen LogP contribution in [0, 0.1) is 25.2 Å². The second-order valence-electron chi connectivity index (χ2n) is 6.28. The quantitative estimate of drug-likeness (QED) is 0.887. The third-order valence-corrected chi connectivity index (χ3v) is 4.32. The maximum atomic E-state index is 12.0. The molecule has 0 fully saturated rings. The highest BCUT2D eigenvalue weighted by Gasteiger charge is 2.22. The molecule has 0 saturated heterocycles. The van der Waals surface area contributed by atoms with Crippen LogP contribution in [0.25, 0.3) is 11.1 Å². The standard InChI is InChI=1S/C19H24N4O/c1-13-17(16-8-6-15(12-20)7-9-16)18(19(21)24)14(2)23(13)11-5-10-22(3)4/h6-9H,5,10-11H2,1-4H3,(H2,21,24). The Labute approximate surface area is 143 Å². The van der Waals surface area contributed by atoms with Gasteiger partial charge in [0.15, 0.2) is 0 Å². The normalized spacial score (nSPS) is 10.8. The molecule has 2 rings (SSSR count). The van der Waals surface area contributed by atoms with Gasteiger partial charge >= 0.3 is 0 Å². The minimum Gasteiger partial charge on any atom is -0.366 e. The topological polar surface area (TPSA) is 75.0 Å². The maximum Gasteiger partial charge on any atom is 0.251 e. The number of benzene rings is 1. The SMILES string of the molecule is Cc1c(C(N)=O)c(-c2ccc(C#N)cc2)c(C)n1CCCN(C)C. The first-order chi connectivity index (χ1) is 11.4. The van der Waals surface area contributed by atoms with Gasteiger partial charge in [-0.05, 0) is 58.6 Å². The Morgan fingerprint density at radius 2 is 1.83 bits per heavy atom. The third kappa shape index (κ3) is 3.50. The van der Waals surface area contributed by atoms with Crippen LogP contribution in [0.5, 0.6) is 0 Å². The van der Waals surface area contributed by atoms with Gasteiger partial charge in [0.25, 0.3) is 5.91 Å². The zero-order valence-corrected chi connectivity index (χ0v) is 14.8. The molecule has 0 unspecified atom stereocenters. The van der Waals surface area contributed by atoms with Crippen molar-refractivity contribution >= 4 is 5.91 Å². The number of nitrogens with two attached hydrogens (primary N) is 1. The van der Waals surface area contributed by atoms with Crippen molar-refractivity contribution in [1.82, 2.24) is 9.47 Å². The summed E-state index contributed by atoms with van der Waals surface area (Å²) in [5.41, 5.74) is 10.5. The van der Waals surface area contributed by atoms with Crippen LogP contribution in [-0.4, -0.2) is 36.0 Å². The molecular weight excluding hydrogens is 300 g/mol. The predicted molar refractivity (Wildman–Crippen MR) is 95.7 cm³/mol. The molecule has 2 aromatic rings. The fourth-order valence-electron chi connectivity index (χ4n) is 3.13. The van der Waals surface area contributed by atoms with Gasteiger partial charge in [-0.3, -0.25) is 4.79 Å². The average molecular weight is 324 g/mol. The molecule has 2 N–H and O–H groups in total. The van der Waals surface area contributed by atoms with Gasteiger partial charge in [0.05, 0.1) is 17.2 Å². The number of nitriles is 1. The van der Waals surface area contributed by atoms with Crippen molar-refractivity contribution in [2.24, 2.45) is 5.73 Å². The van der Waals surface area contributed by atoms with Crippen molar-refractivity contribution in [2.75, 3.05) is 20.6 Å². The molecule has 1 aromatic carbocycles. The van der Waals surface area contributed by atoms with Gasteiger partial charge in [-0.1, -0.05) is 12.1 Å². The van der Waals surface area contributed by atoms with E-state index in [1.165, 1.54) is 0 Å². The van der Waals surface area contributed by atoms with Crippen LogP contribution in [0.1, 0.15) is 33.7 Å². The molecule has 0 aliphatic heterocycles. The number of nitrogens with zero attached hydrogens (tertiary/aromatic N) is 3. The van der Waals surface area contributed by atoms with Gasteiger partial charge in [0.1, 0.15) is 0 Å². The summed E-state index contributed by atoms with van der Waals surface area (Å²) in [5.74, 6) is -0.415. The Morgan fingerprint density at radius 3 is 2.33 bits per heavy atom. The second kappa shape index (κ2) is 7.33. The van der Waals surface area contributed by atoms with Gasteiger partial charge in [0.2, 0.25) is 0 Å². The first-order valence-electron chi connectivity index (χ1n) is 8.01. The highest BCUT2D eigenvalue weighted by atomic mass is 16.1. The molecule has 0 atom stereocenters. The molecule has 5 nitrogen and oxygen atoms in total. The molecule has 1 aromatic heterocycles. The Balaban J connectivity index is 2.49. The molecule has 126 valence electrons. The molecular formula is C19H24N4O. The van der Waals surface area contributed by atoms with Crippen molar-refractivity contribution in [3.05, 3.63) is 46.8 Å². The summed E-state index contributed by atoms with van der Waals surface area (Å²) in [6, 6.07) is 9.38. The van der Waals surface area contributed by atoms with Crippen LogP contribution in [0.15, 0.2) is 24.3 Å². The van der Waals surface area contributed by atoms with Gasteiger partial charge in [0, 0.05) is 23.5 Å². The number of hydrogen-bond donors (Lipinski definition) is 1. The lowest BCUT2D eigenvalue weighted by Gasteiger charge is -2.13. The molecule has 5 heteroatoms. The zero-order valence-electron chi connectivity index (χ0n) is 14.8. The van der Waals surface area contributed by atoms with E-state index in [1.807, 2.05) is 40.1 Å². The summed E-state index contributed by atoms with van der Waals surface area (Å²) in [5, 5.41) is 8.95. The van der Waals surface area contributed by atoms with Gasteiger partial charge < -0.3 is 15.2 Å². The van der Waals surface area contributed by atoms with Crippen molar-refractivity contribution in [3.8, 4) is 17.2 Å². The molecule has 0 spiro atoms. The minimum atomic E-state index is -0.415. The molecule has 1 heterocycles. The summed E-state index contributed by atoms with van der Waals surface area (Å²) in [4.78, 5) is 14.2. The second-order valence-corrected chi connectivity index (χ2v) is 6.28. The van der Waals surface area contributed by atoms with Crippen LogP contribution in [0.4, 0.5) is 0 Å². The average Bonchev–Trinajstić information content (AvgIpc) is 2.79. The van der Waals surface area contributed by atoms with E-state index < -0.39 is 5.91 Å². The van der Waals surface area contributed by atoms with Crippen LogP contribution in [0.2, 0.25) is 0 Å². The first kappa shape index (κ1) is 17.8. The number of rotatable bonds is 6. The number of amides is 1. The van der Waals surface area contributed by atoms with Crippen molar-refractivity contribution in [3.63, 3.8) is 0 Å². The van der Waals surface area contributed by atoms with Crippen LogP contribution in [-0.2, 0) is 6.54 Å². The fraction of sp³-hybridized carbons (Fsp3) is 0.368. The minimum absolute atomic E-state index is 0.415. The first-order valence-corrected chi connectivity index (χ1v) is 8.01. The molecule has 24 heavy (non-hydrogen) atoms. The van der Waals surface area contributed by atoms with E-state index in [4.69, 9.17) is 11.0 Å². The van der Waals surface area contributed by atoms with Crippen LogP contribution < -0.4 is 5.73 Å². The van der Waals surface area contributed by atoms with E-state index in [0.717, 1.165) is 42.0 Å². The lowest BCUT2D eigenvalue weighted by atomic mass is 9.99. The highest BCUT2D eigenvalue weighted by Crippen LogP contribution is 2.32. The lowest BCUT2D eigenvalue weighted by Crippen LogP contribution is -2.16. The molecule has 0 radical (unpaired) electrons. The largest absolute Gasteiger partial charge is 0.366 e. The number of aromatic nitrogens is 1. The van der Waals surface area contributed by atoms with Gasteiger partial charge in [-0.2, -0.15) is 5.26 Å². The molecule has 0 bridgehead atoms. The Kier molecular flexibility index (Phi) is 5.42. The monoisotopic (exact) mass is 324 g/mol. The van der Waals surface area contributed by atoms with Crippen molar-refractivity contribution in [2.45, 2.75) is 26.8 Å². The van der Waals surface area contributed by atoms with Gasteiger partial charge in [-0.15, -0.1) is 0 Å². The Hall–Kier alpha value is -2.58. The smallest absolute Gasteiger partial charge is 0.251 e. The Morgan fingerprint density at radius 1 is 1.21 bits per heavy atom. The number of carbonyl (C=O) groups excluding carboxylic acids is 1. The maximum absolute atomic E-state index is 12.0. The van der Waals surface area contributed by atoms with E-state index in [0.29, 0.717) is 11.1 Å². The number of hydrogen-bond acceptors (Lipinski definition) is 3. The number of primary amides is 1. The summed E-state index contributed by atoms with van der Waals surface area (Å²) in [7, 11) is 4.10. The van der Waals surface area contributed by atoms with E-state index in [9.17, 15) is 4.79 Å². The molecule has 0 saturated carbocycles. The summed E-state index contributed by atoms with van der Waals surface area (Å²) in [6.07, 6.45) is 0.994. The van der Waals surface area contributed by atoms with E-state index in [-0.39, 0.29) is 0 Å². The van der Waals surface area contributed by atoms with E-state index >= 15 is 0 Å². The summed E-state index contributed by atoms with van der Waals surface area (Å²) < 4.78 is 2.16. The molecule has 0 aliphatic carbocycles. The fourth-order valence-corrected chi connectivity index (χ4v) is 3.13. The predicted octanol–water partition coefficient (Wildman–Crippen LogP) is 2.69. The van der Waals surface area contributed by atoms with Crippen molar-refractivity contribution in [1.29, 1.82) is 5.26 Å². The summed E-state index contributed by atoms with van der Waals surface area (Å²) in [6.45, 7) is 5.78. The third-order valence-electron chi connectivity index (χ3n) is 4.32. The van der Waals surface area contributed by atoms with Gasteiger partial charge in [-0.25, -0.2) is 0 Å². The Bertz CT molecular complexity index is 779. The van der Waals surface area contributed by atoms with E-state index in [2.05, 4.69) is 15.5 Å². The summed E-state index contributed by atoms with van der Waals surface area (Å²) >= 11 is 0.